The number of rotatable bonds is 5. The van der Waals surface area contributed by atoms with Gasteiger partial charge < -0.3 is 19.0 Å². The van der Waals surface area contributed by atoms with E-state index in [1.54, 1.807) is 12.1 Å². The fraction of sp³-hybridized carbons (Fsp3) is 0.222. The smallest absolute Gasteiger partial charge is 0.277 e. The lowest BCUT2D eigenvalue weighted by atomic mass is 10.2. The lowest BCUT2D eigenvalue weighted by molar-refractivity contribution is 0.0729. The lowest BCUT2D eigenvalue weighted by Crippen LogP contribution is -2.40. The first-order chi connectivity index (χ1) is 13.9. The molecule has 11 heteroatoms. The zero-order chi connectivity index (χ0) is 20.4. The Bertz CT molecular complexity index is 1120. The summed E-state index contributed by atoms with van der Waals surface area (Å²) in [5, 5.41) is 6.16. The number of nitrogens with zero attached hydrogens (tertiary/aromatic N) is 2. The first-order valence-corrected chi connectivity index (χ1v) is 10.1. The summed E-state index contributed by atoms with van der Waals surface area (Å²) >= 11 is 0. The zero-order valence-electron chi connectivity index (χ0n) is 15.0. The molecule has 0 unspecified atom stereocenters. The van der Waals surface area contributed by atoms with E-state index < -0.39 is 26.6 Å². The van der Waals surface area contributed by atoms with E-state index in [-0.39, 0.29) is 43.4 Å². The number of hydrogen-bond acceptors (Lipinski definition) is 7. The van der Waals surface area contributed by atoms with E-state index in [0.29, 0.717) is 5.76 Å². The van der Waals surface area contributed by atoms with Crippen LogP contribution < -0.4 is 5.32 Å². The highest BCUT2D eigenvalue weighted by atomic mass is 32.2. The molecule has 2 aromatic heterocycles. The molecule has 1 fully saturated rings. The first kappa shape index (κ1) is 19.3. The molecule has 0 radical (unpaired) electrons. The number of sulfonamides is 1. The average Bonchev–Trinajstić information content (AvgIpc) is 3.42. The molecule has 1 aliphatic rings. The summed E-state index contributed by atoms with van der Waals surface area (Å²) in [6, 6.07) is 8.01. The number of morpholine rings is 1. The number of anilines is 1. The quantitative estimate of drug-likeness (QED) is 0.672. The van der Waals surface area contributed by atoms with Crippen LogP contribution in [0.1, 0.15) is 10.5 Å². The summed E-state index contributed by atoms with van der Waals surface area (Å²) in [6.07, 6.45) is 1.45. The van der Waals surface area contributed by atoms with Crippen molar-refractivity contribution in [3.05, 3.63) is 54.2 Å². The van der Waals surface area contributed by atoms with Gasteiger partial charge in [-0.1, -0.05) is 5.16 Å². The number of benzene rings is 1. The molecule has 3 heterocycles. The molecule has 1 aromatic carbocycles. The van der Waals surface area contributed by atoms with E-state index in [0.717, 1.165) is 16.4 Å². The minimum atomic E-state index is -4.06. The minimum absolute atomic E-state index is 0.0432. The number of nitrogens with one attached hydrogen (secondary N) is 1. The molecule has 1 saturated heterocycles. The molecule has 0 aliphatic carbocycles. The van der Waals surface area contributed by atoms with Crippen molar-refractivity contribution in [2.75, 3.05) is 31.6 Å². The minimum Gasteiger partial charge on any atom is -0.461 e. The van der Waals surface area contributed by atoms with Gasteiger partial charge >= 0.3 is 0 Å². The van der Waals surface area contributed by atoms with E-state index in [1.807, 2.05) is 0 Å². The van der Waals surface area contributed by atoms with Gasteiger partial charge in [0.2, 0.25) is 15.8 Å². The van der Waals surface area contributed by atoms with E-state index in [4.69, 9.17) is 13.7 Å². The number of carbonyl (C=O) groups is 1. The van der Waals surface area contributed by atoms with Gasteiger partial charge in [-0.3, -0.25) is 4.79 Å². The number of carbonyl (C=O) groups excluding carboxylic acids is 1. The van der Waals surface area contributed by atoms with Crippen LogP contribution in [0.25, 0.3) is 11.5 Å². The molecule has 29 heavy (non-hydrogen) atoms. The molecule has 0 bridgehead atoms. The van der Waals surface area contributed by atoms with Crippen molar-refractivity contribution in [1.82, 2.24) is 9.46 Å². The Labute approximate surface area is 165 Å². The summed E-state index contributed by atoms with van der Waals surface area (Å²) in [7, 11) is -4.06. The Morgan fingerprint density at radius 1 is 1.14 bits per heavy atom. The molecular weight excluding hydrogens is 405 g/mol. The summed E-state index contributed by atoms with van der Waals surface area (Å²) in [4.78, 5) is 11.9. The highest BCUT2D eigenvalue weighted by Crippen LogP contribution is 2.25. The van der Waals surface area contributed by atoms with Crippen molar-refractivity contribution < 1.29 is 31.3 Å². The number of halogens is 1. The fourth-order valence-electron chi connectivity index (χ4n) is 2.82. The Morgan fingerprint density at radius 2 is 1.93 bits per heavy atom. The van der Waals surface area contributed by atoms with Gasteiger partial charge in [0.15, 0.2) is 11.5 Å². The van der Waals surface area contributed by atoms with Crippen molar-refractivity contribution in [2.24, 2.45) is 0 Å². The molecule has 152 valence electrons. The second-order valence-electron chi connectivity index (χ2n) is 6.17. The molecule has 0 saturated carbocycles. The second kappa shape index (κ2) is 7.78. The SMILES string of the molecule is O=C(Nc1ccc(F)c(S(=O)(=O)N2CCOCC2)c1)c1cc(-c2ccco2)on1. The Kier molecular flexibility index (Phi) is 5.18. The van der Waals surface area contributed by atoms with Gasteiger partial charge in [0.05, 0.1) is 19.5 Å². The maximum Gasteiger partial charge on any atom is 0.277 e. The van der Waals surface area contributed by atoms with Crippen LogP contribution in [-0.4, -0.2) is 50.1 Å². The number of hydrogen-bond donors (Lipinski definition) is 1. The average molecular weight is 421 g/mol. The van der Waals surface area contributed by atoms with Gasteiger partial charge in [0, 0.05) is 24.8 Å². The molecule has 4 rings (SSSR count). The van der Waals surface area contributed by atoms with Crippen LogP contribution in [0.3, 0.4) is 0 Å². The van der Waals surface area contributed by atoms with Crippen molar-refractivity contribution in [3.8, 4) is 11.5 Å². The van der Waals surface area contributed by atoms with Gasteiger partial charge in [-0.25, -0.2) is 12.8 Å². The van der Waals surface area contributed by atoms with E-state index in [1.165, 1.54) is 18.4 Å². The summed E-state index contributed by atoms with van der Waals surface area (Å²) in [5.41, 5.74) is 0.0593. The molecule has 9 nitrogen and oxygen atoms in total. The first-order valence-electron chi connectivity index (χ1n) is 8.64. The number of ether oxygens (including phenoxy) is 1. The standard InChI is InChI=1S/C18H16FN3O6S/c19-13-4-3-12(10-17(13)29(24,25)22-5-8-26-9-6-22)20-18(23)14-11-16(28-21-14)15-2-1-7-27-15/h1-4,7,10-11H,5-6,8-9H2,(H,20,23). The Morgan fingerprint density at radius 3 is 2.66 bits per heavy atom. The number of amides is 1. The maximum atomic E-state index is 14.3. The number of furan rings is 1. The third kappa shape index (κ3) is 3.92. The van der Waals surface area contributed by atoms with Gasteiger partial charge in [0.1, 0.15) is 10.7 Å². The molecular formula is C18H16FN3O6S. The van der Waals surface area contributed by atoms with Crippen LogP contribution in [0.5, 0.6) is 0 Å². The van der Waals surface area contributed by atoms with Crippen LogP contribution in [0.15, 0.2) is 56.5 Å². The third-order valence-electron chi connectivity index (χ3n) is 4.28. The predicted octanol–water partition coefficient (Wildman–Crippen LogP) is 2.35. The van der Waals surface area contributed by atoms with Crippen LogP contribution in [0.2, 0.25) is 0 Å². The summed E-state index contributed by atoms with van der Waals surface area (Å²) in [6.45, 7) is 0.739. The molecule has 1 amide bonds. The topological polar surface area (TPSA) is 115 Å². The molecule has 1 N–H and O–H groups in total. The van der Waals surface area contributed by atoms with Crippen LogP contribution in [-0.2, 0) is 14.8 Å². The van der Waals surface area contributed by atoms with E-state index in [2.05, 4.69) is 10.5 Å². The zero-order valence-corrected chi connectivity index (χ0v) is 15.8. The number of aromatic nitrogens is 1. The summed E-state index contributed by atoms with van der Waals surface area (Å²) < 4.78 is 56.2. The van der Waals surface area contributed by atoms with Gasteiger partial charge in [-0.05, 0) is 30.3 Å². The summed E-state index contributed by atoms with van der Waals surface area (Å²) in [5.74, 6) is -0.893. The van der Waals surface area contributed by atoms with Gasteiger partial charge in [-0.2, -0.15) is 4.31 Å². The molecule has 0 atom stereocenters. The van der Waals surface area contributed by atoms with E-state index in [9.17, 15) is 17.6 Å². The third-order valence-corrected chi connectivity index (χ3v) is 6.20. The maximum absolute atomic E-state index is 14.3. The normalized spacial score (nSPS) is 15.3. The highest BCUT2D eigenvalue weighted by molar-refractivity contribution is 7.89. The lowest BCUT2D eigenvalue weighted by Gasteiger charge is -2.26. The van der Waals surface area contributed by atoms with Crippen LogP contribution in [0, 0.1) is 5.82 Å². The Balaban J connectivity index is 1.55. The molecule has 3 aromatic rings. The second-order valence-corrected chi connectivity index (χ2v) is 8.08. The van der Waals surface area contributed by atoms with Crippen LogP contribution in [0.4, 0.5) is 10.1 Å². The molecule has 0 spiro atoms. The van der Waals surface area contributed by atoms with Crippen molar-refractivity contribution in [1.29, 1.82) is 0 Å². The van der Waals surface area contributed by atoms with Gasteiger partial charge in [0.25, 0.3) is 5.91 Å². The Hall–Kier alpha value is -3.02. The molecule has 1 aliphatic heterocycles. The highest BCUT2D eigenvalue weighted by Gasteiger charge is 2.29. The fourth-order valence-corrected chi connectivity index (χ4v) is 4.32. The van der Waals surface area contributed by atoms with Gasteiger partial charge in [-0.15, -0.1) is 0 Å². The predicted molar refractivity (Wildman–Crippen MR) is 98.1 cm³/mol. The van der Waals surface area contributed by atoms with Crippen LogP contribution >= 0.6 is 0 Å². The van der Waals surface area contributed by atoms with Crippen molar-refractivity contribution >= 4 is 21.6 Å². The van der Waals surface area contributed by atoms with Crippen molar-refractivity contribution in [3.63, 3.8) is 0 Å². The monoisotopic (exact) mass is 421 g/mol. The van der Waals surface area contributed by atoms with E-state index >= 15 is 0 Å². The largest absolute Gasteiger partial charge is 0.461 e. The van der Waals surface area contributed by atoms with Crippen molar-refractivity contribution in [2.45, 2.75) is 4.90 Å².